The first kappa shape index (κ1) is 17.2. The third-order valence-electron chi connectivity index (χ3n) is 4.10. The molecule has 3 aromatic carbocycles. The van der Waals surface area contributed by atoms with Crippen LogP contribution in [0.1, 0.15) is 22.3 Å². The normalized spacial score (nSPS) is 10.8. The molecule has 3 aromatic rings. The predicted molar refractivity (Wildman–Crippen MR) is 107 cm³/mol. The van der Waals surface area contributed by atoms with Gasteiger partial charge in [-0.05, 0) is 74.2 Å². The summed E-state index contributed by atoms with van der Waals surface area (Å²) in [5.41, 5.74) is 5.34. The van der Waals surface area contributed by atoms with Gasteiger partial charge >= 0.3 is 0 Å². The topological polar surface area (TPSA) is 0 Å². The van der Waals surface area contributed by atoms with Gasteiger partial charge in [0, 0.05) is 19.6 Å². The van der Waals surface area contributed by atoms with Crippen molar-refractivity contribution < 1.29 is 0 Å². The molecule has 24 heavy (non-hydrogen) atoms. The second-order valence-electron chi connectivity index (χ2n) is 6.12. The van der Waals surface area contributed by atoms with E-state index in [9.17, 15) is 0 Å². The van der Waals surface area contributed by atoms with Crippen molar-refractivity contribution in [3.63, 3.8) is 0 Å². The molecule has 0 spiro atoms. The first-order chi connectivity index (χ1) is 11.5. The van der Waals surface area contributed by atoms with Crippen LogP contribution in [-0.4, -0.2) is 0 Å². The minimum absolute atomic E-state index is 1.33. The Bertz CT molecular complexity index is 792. The molecular weight excluding hydrogens is 328 g/mol. The van der Waals surface area contributed by atoms with E-state index in [2.05, 4.69) is 88.4 Å². The Morgan fingerprint density at radius 2 is 0.833 bits per heavy atom. The SMILES string of the molecule is Cc1ccccc1Sc1cc(C)c(Sc2ccccc2C)cc1C. The van der Waals surface area contributed by atoms with Crippen LogP contribution in [0.15, 0.2) is 80.2 Å². The fourth-order valence-corrected chi connectivity index (χ4v) is 4.70. The van der Waals surface area contributed by atoms with Crippen LogP contribution in [-0.2, 0) is 0 Å². The molecule has 0 aromatic heterocycles. The van der Waals surface area contributed by atoms with Crippen LogP contribution in [0.2, 0.25) is 0 Å². The van der Waals surface area contributed by atoms with Crippen molar-refractivity contribution in [3.8, 4) is 0 Å². The molecule has 0 saturated heterocycles. The van der Waals surface area contributed by atoms with Crippen LogP contribution in [0.5, 0.6) is 0 Å². The quantitative estimate of drug-likeness (QED) is 0.487. The monoisotopic (exact) mass is 350 g/mol. The van der Waals surface area contributed by atoms with E-state index in [1.807, 2.05) is 23.5 Å². The zero-order valence-corrected chi connectivity index (χ0v) is 16.2. The maximum atomic E-state index is 2.33. The van der Waals surface area contributed by atoms with E-state index >= 15 is 0 Å². The Hall–Kier alpha value is -1.64. The van der Waals surface area contributed by atoms with Gasteiger partial charge in [0.1, 0.15) is 0 Å². The van der Waals surface area contributed by atoms with Crippen molar-refractivity contribution >= 4 is 23.5 Å². The van der Waals surface area contributed by atoms with Crippen molar-refractivity contribution in [2.24, 2.45) is 0 Å². The average Bonchev–Trinajstić information content (AvgIpc) is 2.56. The highest BCUT2D eigenvalue weighted by atomic mass is 32.2. The molecule has 0 amide bonds. The van der Waals surface area contributed by atoms with Gasteiger partial charge in [0.2, 0.25) is 0 Å². The lowest BCUT2D eigenvalue weighted by Crippen LogP contribution is -1.88. The van der Waals surface area contributed by atoms with Gasteiger partial charge in [0.15, 0.2) is 0 Å². The summed E-state index contributed by atoms with van der Waals surface area (Å²) in [4.78, 5) is 5.35. The summed E-state index contributed by atoms with van der Waals surface area (Å²) in [6.45, 7) is 8.77. The van der Waals surface area contributed by atoms with Gasteiger partial charge in [-0.1, -0.05) is 59.9 Å². The summed E-state index contributed by atoms with van der Waals surface area (Å²) in [6, 6.07) is 21.8. The maximum absolute atomic E-state index is 2.33. The van der Waals surface area contributed by atoms with Crippen molar-refractivity contribution in [1.82, 2.24) is 0 Å². The van der Waals surface area contributed by atoms with E-state index in [1.165, 1.54) is 41.8 Å². The number of rotatable bonds is 4. The van der Waals surface area contributed by atoms with E-state index in [0.29, 0.717) is 0 Å². The first-order valence-electron chi connectivity index (χ1n) is 8.13. The van der Waals surface area contributed by atoms with E-state index < -0.39 is 0 Å². The fraction of sp³-hybridized carbons (Fsp3) is 0.182. The highest BCUT2D eigenvalue weighted by molar-refractivity contribution is 8.00. The van der Waals surface area contributed by atoms with E-state index in [0.717, 1.165) is 0 Å². The second kappa shape index (κ2) is 7.50. The van der Waals surface area contributed by atoms with Crippen molar-refractivity contribution in [2.45, 2.75) is 47.3 Å². The third kappa shape index (κ3) is 3.88. The summed E-state index contributed by atoms with van der Waals surface area (Å²) < 4.78 is 0. The lowest BCUT2D eigenvalue weighted by atomic mass is 10.2. The molecule has 0 fully saturated rings. The van der Waals surface area contributed by atoms with Crippen LogP contribution in [0.4, 0.5) is 0 Å². The Labute approximate surface area is 153 Å². The molecule has 0 radical (unpaired) electrons. The summed E-state index contributed by atoms with van der Waals surface area (Å²) in [7, 11) is 0. The first-order valence-corrected chi connectivity index (χ1v) is 9.76. The number of hydrogen-bond donors (Lipinski definition) is 0. The number of benzene rings is 3. The van der Waals surface area contributed by atoms with Gasteiger partial charge in [-0.15, -0.1) is 0 Å². The Balaban J connectivity index is 1.89. The summed E-state index contributed by atoms with van der Waals surface area (Å²) in [6.07, 6.45) is 0. The molecule has 3 rings (SSSR count). The highest BCUT2D eigenvalue weighted by Gasteiger charge is 2.09. The minimum Gasteiger partial charge on any atom is -0.0895 e. The van der Waals surface area contributed by atoms with Gasteiger partial charge in [-0.2, -0.15) is 0 Å². The molecule has 0 unspecified atom stereocenters. The zero-order valence-electron chi connectivity index (χ0n) is 14.6. The molecule has 0 heterocycles. The Kier molecular flexibility index (Phi) is 5.37. The fourth-order valence-electron chi connectivity index (χ4n) is 2.56. The van der Waals surface area contributed by atoms with Gasteiger partial charge in [0.05, 0.1) is 0 Å². The van der Waals surface area contributed by atoms with Crippen LogP contribution in [0, 0.1) is 27.7 Å². The standard InChI is InChI=1S/C22H22S2/c1-15-9-5-7-11-19(15)23-21-13-18(4)22(14-17(21)3)24-20-12-8-6-10-16(20)2/h5-14H,1-4H3. The molecule has 2 heteroatoms. The molecule has 0 aliphatic carbocycles. The van der Waals surface area contributed by atoms with Crippen LogP contribution < -0.4 is 0 Å². The van der Waals surface area contributed by atoms with Crippen LogP contribution >= 0.6 is 23.5 Å². The number of aryl methyl sites for hydroxylation is 4. The zero-order chi connectivity index (χ0) is 17.1. The molecule has 0 nitrogen and oxygen atoms in total. The van der Waals surface area contributed by atoms with Crippen molar-refractivity contribution in [2.75, 3.05) is 0 Å². The lowest BCUT2D eigenvalue weighted by Gasteiger charge is -2.13. The molecule has 0 aliphatic rings. The molecule has 122 valence electrons. The minimum atomic E-state index is 1.33. The van der Waals surface area contributed by atoms with Crippen LogP contribution in [0.25, 0.3) is 0 Å². The molecule has 0 N–H and O–H groups in total. The molecule has 0 atom stereocenters. The van der Waals surface area contributed by atoms with Gasteiger partial charge in [-0.3, -0.25) is 0 Å². The Morgan fingerprint density at radius 1 is 0.458 bits per heavy atom. The van der Waals surface area contributed by atoms with E-state index in [4.69, 9.17) is 0 Å². The lowest BCUT2D eigenvalue weighted by molar-refractivity contribution is 1.16. The van der Waals surface area contributed by atoms with E-state index in [-0.39, 0.29) is 0 Å². The largest absolute Gasteiger partial charge is 0.0895 e. The smallest absolute Gasteiger partial charge is 0.0155 e. The van der Waals surface area contributed by atoms with E-state index in [1.54, 1.807) is 0 Å². The summed E-state index contributed by atoms with van der Waals surface area (Å²) >= 11 is 3.73. The third-order valence-corrected chi connectivity index (χ3v) is 6.77. The van der Waals surface area contributed by atoms with Gasteiger partial charge in [0.25, 0.3) is 0 Å². The van der Waals surface area contributed by atoms with Crippen LogP contribution in [0.3, 0.4) is 0 Å². The highest BCUT2D eigenvalue weighted by Crippen LogP contribution is 2.38. The average molecular weight is 351 g/mol. The number of hydrogen-bond acceptors (Lipinski definition) is 2. The Morgan fingerprint density at radius 3 is 1.21 bits per heavy atom. The molecule has 0 saturated carbocycles. The van der Waals surface area contributed by atoms with Crippen molar-refractivity contribution in [3.05, 3.63) is 82.9 Å². The molecule has 0 aliphatic heterocycles. The molecule has 0 bridgehead atoms. The summed E-state index contributed by atoms with van der Waals surface area (Å²) in [5, 5.41) is 0. The van der Waals surface area contributed by atoms with Gasteiger partial charge in [-0.25, -0.2) is 0 Å². The maximum Gasteiger partial charge on any atom is 0.0155 e. The molecular formula is C22H22S2. The van der Waals surface area contributed by atoms with Crippen molar-refractivity contribution in [1.29, 1.82) is 0 Å². The predicted octanol–water partition coefficient (Wildman–Crippen LogP) is 7.22. The summed E-state index contributed by atoms with van der Waals surface area (Å²) in [5.74, 6) is 0. The second-order valence-corrected chi connectivity index (χ2v) is 8.29. The van der Waals surface area contributed by atoms with Gasteiger partial charge < -0.3 is 0 Å².